The van der Waals surface area contributed by atoms with E-state index in [2.05, 4.69) is 26.8 Å². The minimum Gasteiger partial charge on any atom is -0.477 e. The molecular weight excluding hydrogens is 338 g/mol. The first-order chi connectivity index (χ1) is 11.1. The molecule has 0 saturated heterocycles. The van der Waals surface area contributed by atoms with Crippen LogP contribution < -0.4 is 0 Å². The molecule has 0 amide bonds. The van der Waals surface area contributed by atoms with Crippen molar-refractivity contribution in [1.82, 2.24) is 0 Å². The molecule has 0 radical (unpaired) electrons. The maximum atomic E-state index is 11.7. The SMILES string of the molecule is CC(C)Sc1sc(C(=O)O)c(-c2ccc(C(C)(C)C)cc2)c1C#N. The smallest absolute Gasteiger partial charge is 0.346 e. The number of hydrogen-bond donors (Lipinski definition) is 1. The van der Waals surface area contributed by atoms with Crippen LogP contribution in [0.4, 0.5) is 0 Å². The molecule has 0 unspecified atom stereocenters. The van der Waals surface area contributed by atoms with Crippen molar-refractivity contribution < 1.29 is 9.90 Å². The van der Waals surface area contributed by atoms with Crippen LogP contribution in [0.5, 0.6) is 0 Å². The lowest BCUT2D eigenvalue weighted by Gasteiger charge is -2.19. The molecule has 1 heterocycles. The molecule has 0 aliphatic carbocycles. The largest absolute Gasteiger partial charge is 0.477 e. The highest BCUT2D eigenvalue weighted by Crippen LogP contribution is 2.43. The molecule has 0 fully saturated rings. The Labute approximate surface area is 151 Å². The van der Waals surface area contributed by atoms with Crippen LogP contribution in [-0.4, -0.2) is 16.3 Å². The van der Waals surface area contributed by atoms with E-state index in [1.807, 2.05) is 38.1 Å². The zero-order valence-corrected chi connectivity index (χ0v) is 16.1. The Morgan fingerprint density at radius 2 is 1.83 bits per heavy atom. The summed E-state index contributed by atoms with van der Waals surface area (Å²) in [4.78, 5) is 11.9. The van der Waals surface area contributed by atoms with E-state index >= 15 is 0 Å². The van der Waals surface area contributed by atoms with Crippen molar-refractivity contribution in [2.75, 3.05) is 0 Å². The standard InChI is InChI=1S/C19H21NO2S2/c1-11(2)23-18-14(10-20)15(16(24-18)17(21)22)12-6-8-13(9-7-12)19(3,4)5/h6-9,11H,1-5H3,(H,21,22). The van der Waals surface area contributed by atoms with Gasteiger partial charge in [0.25, 0.3) is 0 Å². The lowest BCUT2D eigenvalue weighted by atomic mass is 9.86. The fourth-order valence-corrected chi connectivity index (χ4v) is 4.93. The Morgan fingerprint density at radius 1 is 1.25 bits per heavy atom. The number of benzene rings is 1. The molecule has 1 aromatic heterocycles. The van der Waals surface area contributed by atoms with Crippen LogP contribution in [0.15, 0.2) is 28.5 Å². The van der Waals surface area contributed by atoms with Crippen molar-refractivity contribution in [3.8, 4) is 17.2 Å². The van der Waals surface area contributed by atoms with Gasteiger partial charge >= 0.3 is 5.97 Å². The third-order valence-corrected chi connectivity index (χ3v) is 5.97. The Kier molecular flexibility index (Phi) is 5.42. The fraction of sp³-hybridized carbons (Fsp3) is 0.368. The summed E-state index contributed by atoms with van der Waals surface area (Å²) in [5, 5.41) is 19.5. The zero-order chi connectivity index (χ0) is 18.1. The highest BCUT2D eigenvalue weighted by Gasteiger charge is 2.25. The monoisotopic (exact) mass is 359 g/mol. The molecule has 24 heavy (non-hydrogen) atoms. The molecule has 2 rings (SSSR count). The van der Waals surface area contributed by atoms with Gasteiger partial charge in [-0.15, -0.1) is 23.1 Å². The van der Waals surface area contributed by atoms with Crippen LogP contribution >= 0.6 is 23.1 Å². The number of rotatable bonds is 4. The number of aromatic carboxylic acids is 1. The number of hydrogen-bond acceptors (Lipinski definition) is 4. The fourth-order valence-electron chi connectivity index (χ4n) is 2.37. The van der Waals surface area contributed by atoms with Gasteiger partial charge in [0.2, 0.25) is 0 Å². The number of carbonyl (C=O) groups is 1. The summed E-state index contributed by atoms with van der Waals surface area (Å²) >= 11 is 2.73. The third kappa shape index (κ3) is 3.82. The number of nitriles is 1. The van der Waals surface area contributed by atoms with Crippen LogP contribution in [0, 0.1) is 11.3 Å². The van der Waals surface area contributed by atoms with E-state index in [9.17, 15) is 15.2 Å². The van der Waals surface area contributed by atoms with Crippen LogP contribution in [0.25, 0.3) is 11.1 Å². The van der Waals surface area contributed by atoms with Crippen molar-refractivity contribution in [2.45, 2.75) is 49.5 Å². The minimum absolute atomic E-state index is 0.0273. The highest BCUT2D eigenvalue weighted by atomic mass is 32.2. The van der Waals surface area contributed by atoms with Gasteiger partial charge in [-0.3, -0.25) is 0 Å². The molecule has 2 aromatic rings. The van der Waals surface area contributed by atoms with Gasteiger partial charge in [0.1, 0.15) is 10.9 Å². The van der Waals surface area contributed by atoms with Gasteiger partial charge in [-0.05, 0) is 16.5 Å². The third-order valence-electron chi connectivity index (χ3n) is 3.56. The van der Waals surface area contributed by atoms with E-state index in [-0.39, 0.29) is 15.5 Å². The topological polar surface area (TPSA) is 61.1 Å². The van der Waals surface area contributed by atoms with Gasteiger partial charge in [-0.25, -0.2) is 4.79 Å². The second kappa shape index (κ2) is 7.00. The lowest BCUT2D eigenvalue weighted by Crippen LogP contribution is -2.10. The number of carboxylic acids is 1. The predicted octanol–water partition coefficient (Wildman–Crippen LogP) is 5.78. The van der Waals surface area contributed by atoms with Gasteiger partial charge in [0.15, 0.2) is 0 Å². The minimum atomic E-state index is -0.984. The summed E-state index contributed by atoms with van der Waals surface area (Å²) in [5.41, 5.74) is 3.00. The second-order valence-corrected chi connectivity index (χ2v) is 9.75. The Morgan fingerprint density at radius 3 is 2.25 bits per heavy atom. The Balaban J connectivity index is 2.62. The predicted molar refractivity (Wildman–Crippen MR) is 101 cm³/mol. The molecule has 0 spiro atoms. The first-order valence-corrected chi connectivity index (χ1v) is 9.42. The molecular formula is C19H21NO2S2. The van der Waals surface area contributed by atoms with Gasteiger partial charge in [-0.1, -0.05) is 58.9 Å². The van der Waals surface area contributed by atoms with Crippen LogP contribution in [0.1, 0.15) is 55.4 Å². The normalized spacial score (nSPS) is 11.5. The Hall–Kier alpha value is -1.77. The summed E-state index contributed by atoms with van der Waals surface area (Å²) < 4.78 is 0.778. The van der Waals surface area contributed by atoms with Gasteiger partial charge < -0.3 is 5.11 Å². The molecule has 0 aliphatic rings. The average molecular weight is 360 g/mol. The van der Waals surface area contributed by atoms with Gasteiger partial charge in [0.05, 0.1) is 9.77 Å². The summed E-state index contributed by atoms with van der Waals surface area (Å²) in [6.07, 6.45) is 0. The van der Waals surface area contributed by atoms with E-state index in [0.717, 1.165) is 9.77 Å². The number of carboxylic acid groups (broad SMARTS) is 1. The maximum Gasteiger partial charge on any atom is 0.346 e. The van der Waals surface area contributed by atoms with Gasteiger partial charge in [0, 0.05) is 10.8 Å². The van der Waals surface area contributed by atoms with E-state index in [4.69, 9.17) is 0 Å². The van der Waals surface area contributed by atoms with Crippen LogP contribution in [-0.2, 0) is 5.41 Å². The molecule has 0 atom stereocenters. The van der Waals surface area contributed by atoms with E-state index in [0.29, 0.717) is 11.1 Å². The van der Waals surface area contributed by atoms with E-state index in [1.54, 1.807) is 0 Å². The summed E-state index contributed by atoms with van der Waals surface area (Å²) in [6, 6.07) is 10.1. The van der Waals surface area contributed by atoms with Crippen molar-refractivity contribution in [3.05, 3.63) is 40.3 Å². The van der Waals surface area contributed by atoms with Crippen molar-refractivity contribution in [3.63, 3.8) is 0 Å². The molecule has 0 saturated carbocycles. The summed E-state index contributed by atoms with van der Waals surface area (Å²) in [6.45, 7) is 10.5. The van der Waals surface area contributed by atoms with Crippen molar-refractivity contribution in [2.24, 2.45) is 0 Å². The van der Waals surface area contributed by atoms with Crippen LogP contribution in [0.2, 0.25) is 0 Å². The maximum absolute atomic E-state index is 11.7. The molecule has 5 heteroatoms. The zero-order valence-electron chi connectivity index (χ0n) is 14.5. The lowest BCUT2D eigenvalue weighted by molar-refractivity contribution is 0.0703. The average Bonchev–Trinajstić information content (AvgIpc) is 2.84. The summed E-state index contributed by atoms with van der Waals surface area (Å²) in [7, 11) is 0. The first-order valence-electron chi connectivity index (χ1n) is 7.73. The van der Waals surface area contributed by atoms with E-state index < -0.39 is 5.97 Å². The molecule has 1 aromatic carbocycles. The number of nitrogens with zero attached hydrogens (tertiary/aromatic N) is 1. The number of thioether (sulfide) groups is 1. The second-order valence-electron chi connectivity index (χ2n) is 6.88. The van der Waals surface area contributed by atoms with E-state index in [1.165, 1.54) is 28.7 Å². The molecule has 126 valence electrons. The summed E-state index contributed by atoms with van der Waals surface area (Å²) in [5.74, 6) is -0.984. The molecule has 0 bridgehead atoms. The quantitative estimate of drug-likeness (QED) is 0.703. The highest BCUT2D eigenvalue weighted by molar-refractivity contribution is 8.01. The molecule has 0 aliphatic heterocycles. The Bertz CT molecular complexity index is 790. The molecule has 1 N–H and O–H groups in total. The van der Waals surface area contributed by atoms with Crippen LogP contribution in [0.3, 0.4) is 0 Å². The van der Waals surface area contributed by atoms with Crippen molar-refractivity contribution >= 4 is 29.1 Å². The first kappa shape index (κ1) is 18.6. The van der Waals surface area contributed by atoms with Crippen molar-refractivity contribution in [1.29, 1.82) is 5.26 Å². The molecule has 3 nitrogen and oxygen atoms in total. The number of thiophene rings is 1. The van der Waals surface area contributed by atoms with Gasteiger partial charge in [-0.2, -0.15) is 5.26 Å².